The number of hydrogen-bond acceptors (Lipinski definition) is 8. The van der Waals surface area contributed by atoms with Crippen LogP contribution in [0.3, 0.4) is 0 Å². The third-order valence-electron chi connectivity index (χ3n) is 7.18. The number of nitriles is 1. The normalized spacial score (nSPS) is 19.8. The van der Waals surface area contributed by atoms with E-state index in [4.69, 9.17) is 9.15 Å². The summed E-state index contributed by atoms with van der Waals surface area (Å²) in [6, 6.07) is 6.83. The molecule has 2 N–H and O–H groups in total. The van der Waals surface area contributed by atoms with E-state index in [1.54, 1.807) is 25.3 Å². The molecule has 2 aromatic rings. The van der Waals surface area contributed by atoms with Gasteiger partial charge in [-0.3, -0.25) is 4.79 Å². The highest BCUT2D eigenvalue weighted by atomic mass is 16.5. The minimum absolute atomic E-state index is 0.234. The lowest BCUT2D eigenvalue weighted by molar-refractivity contribution is -0.124. The van der Waals surface area contributed by atoms with Crippen LogP contribution in [0.25, 0.3) is 11.0 Å². The van der Waals surface area contributed by atoms with Gasteiger partial charge >= 0.3 is 5.76 Å². The standard InChI is InChI=1S/C25H33N5O4/c1-30-12-10-25(16-26,11-13-30)29-23(31)20(14-17-6-4-3-5-7-17)27-22-19-15-18(33-2)8-9-21(19)34-24(32)28-22/h8-9,15,17,20H,3-7,10-14H2,1-2H3,(H,29,31)(H,27,28,32). The second-order valence-electron chi connectivity index (χ2n) is 9.61. The summed E-state index contributed by atoms with van der Waals surface area (Å²) in [5.74, 6) is 0.307. The monoisotopic (exact) mass is 467 g/mol. The van der Waals surface area contributed by atoms with Gasteiger partial charge < -0.3 is 24.7 Å². The average molecular weight is 468 g/mol. The summed E-state index contributed by atoms with van der Waals surface area (Å²) in [7, 11) is 3.58. The second kappa shape index (κ2) is 10.4. The van der Waals surface area contributed by atoms with E-state index in [1.807, 2.05) is 7.05 Å². The number of nitrogens with zero attached hydrogens (tertiary/aromatic N) is 3. The summed E-state index contributed by atoms with van der Waals surface area (Å²) in [6.45, 7) is 1.50. The number of carbonyl (C=O) groups is 1. The number of anilines is 1. The van der Waals surface area contributed by atoms with Gasteiger partial charge in [-0.25, -0.2) is 4.79 Å². The molecule has 34 heavy (non-hydrogen) atoms. The molecule has 1 aromatic carbocycles. The largest absolute Gasteiger partial charge is 0.497 e. The molecule has 1 aliphatic carbocycles. The molecule has 0 bridgehead atoms. The molecule has 1 atom stereocenters. The molecule has 9 heteroatoms. The lowest BCUT2D eigenvalue weighted by Gasteiger charge is -2.37. The van der Waals surface area contributed by atoms with Gasteiger partial charge in [-0.05, 0) is 50.4 Å². The SMILES string of the molecule is COc1ccc2oc(=O)nc(NC(CC3CCCCC3)C(=O)NC3(C#N)CCN(C)CC3)c2c1. The molecule has 2 heterocycles. The maximum Gasteiger partial charge on any atom is 0.441 e. The third kappa shape index (κ3) is 5.50. The van der Waals surface area contributed by atoms with Crippen LogP contribution in [-0.2, 0) is 4.79 Å². The summed E-state index contributed by atoms with van der Waals surface area (Å²) < 4.78 is 10.6. The second-order valence-corrected chi connectivity index (χ2v) is 9.61. The smallest absolute Gasteiger partial charge is 0.441 e. The van der Waals surface area contributed by atoms with Crippen LogP contribution in [0.2, 0.25) is 0 Å². The fourth-order valence-electron chi connectivity index (χ4n) is 5.03. The quantitative estimate of drug-likeness (QED) is 0.637. The Morgan fingerprint density at radius 3 is 2.74 bits per heavy atom. The summed E-state index contributed by atoms with van der Waals surface area (Å²) in [6.07, 6.45) is 7.43. The molecule has 2 aliphatic rings. The number of piperidine rings is 1. The van der Waals surface area contributed by atoms with Crippen molar-refractivity contribution < 1.29 is 13.9 Å². The highest BCUT2D eigenvalue weighted by molar-refractivity contribution is 5.92. The van der Waals surface area contributed by atoms with Crippen LogP contribution in [0.1, 0.15) is 51.4 Å². The fraction of sp³-hybridized carbons (Fsp3) is 0.600. The number of likely N-dealkylation sites (tertiary alicyclic amines) is 1. The Labute approximate surface area is 199 Å². The van der Waals surface area contributed by atoms with Gasteiger partial charge in [0.25, 0.3) is 0 Å². The van der Waals surface area contributed by atoms with Crippen molar-refractivity contribution in [3.8, 4) is 11.8 Å². The number of amides is 1. The molecule has 0 radical (unpaired) electrons. The van der Waals surface area contributed by atoms with Gasteiger partial charge in [0.15, 0.2) is 0 Å². The minimum Gasteiger partial charge on any atom is -0.497 e. The van der Waals surface area contributed by atoms with Gasteiger partial charge in [0.05, 0.1) is 18.6 Å². The van der Waals surface area contributed by atoms with Crippen LogP contribution in [-0.4, -0.2) is 54.6 Å². The van der Waals surface area contributed by atoms with Crippen LogP contribution in [0, 0.1) is 17.2 Å². The number of benzene rings is 1. The first-order valence-electron chi connectivity index (χ1n) is 12.1. The van der Waals surface area contributed by atoms with E-state index in [9.17, 15) is 14.9 Å². The van der Waals surface area contributed by atoms with Crippen molar-refractivity contribution >= 4 is 22.7 Å². The van der Waals surface area contributed by atoms with Gasteiger partial charge in [-0.1, -0.05) is 32.1 Å². The number of methoxy groups -OCH3 is 1. The first kappa shape index (κ1) is 24.0. The molecule has 1 aliphatic heterocycles. The van der Waals surface area contributed by atoms with E-state index in [0.29, 0.717) is 41.9 Å². The summed E-state index contributed by atoms with van der Waals surface area (Å²) >= 11 is 0. The first-order valence-corrected chi connectivity index (χ1v) is 12.1. The molecule has 1 saturated heterocycles. The van der Waals surface area contributed by atoms with Crippen molar-refractivity contribution in [2.24, 2.45) is 5.92 Å². The zero-order valence-corrected chi connectivity index (χ0v) is 19.9. The molecular formula is C25H33N5O4. The molecule has 1 unspecified atom stereocenters. The third-order valence-corrected chi connectivity index (χ3v) is 7.18. The van der Waals surface area contributed by atoms with Crippen LogP contribution in [0.15, 0.2) is 27.4 Å². The van der Waals surface area contributed by atoms with Gasteiger partial charge in [0.2, 0.25) is 5.91 Å². The van der Waals surface area contributed by atoms with Crippen molar-refractivity contribution in [3.05, 3.63) is 28.7 Å². The summed E-state index contributed by atoms with van der Waals surface area (Å²) in [5, 5.41) is 16.8. The number of hydrogen-bond donors (Lipinski definition) is 2. The Morgan fingerprint density at radius 1 is 1.32 bits per heavy atom. The van der Waals surface area contributed by atoms with Crippen molar-refractivity contribution in [3.63, 3.8) is 0 Å². The van der Waals surface area contributed by atoms with Gasteiger partial charge in [0.1, 0.15) is 28.7 Å². The van der Waals surface area contributed by atoms with Crippen molar-refractivity contribution in [1.29, 1.82) is 5.26 Å². The number of aromatic nitrogens is 1. The molecule has 1 amide bonds. The lowest BCUT2D eigenvalue weighted by atomic mass is 9.84. The average Bonchev–Trinajstić information content (AvgIpc) is 2.85. The Bertz CT molecular complexity index is 1110. The Morgan fingerprint density at radius 2 is 2.06 bits per heavy atom. The van der Waals surface area contributed by atoms with Gasteiger partial charge in [-0.15, -0.1) is 0 Å². The van der Waals surface area contributed by atoms with Crippen LogP contribution < -0.4 is 21.1 Å². The molecular weight excluding hydrogens is 434 g/mol. The molecule has 9 nitrogen and oxygen atoms in total. The van der Waals surface area contributed by atoms with E-state index in [1.165, 1.54) is 6.42 Å². The maximum absolute atomic E-state index is 13.6. The Kier molecular flexibility index (Phi) is 7.37. The molecule has 4 rings (SSSR count). The number of rotatable bonds is 7. The topological polar surface area (TPSA) is 120 Å². The number of nitrogens with one attached hydrogen (secondary N) is 2. The Hall–Kier alpha value is -3.12. The van der Waals surface area contributed by atoms with Crippen molar-refractivity contribution in [2.45, 2.75) is 62.9 Å². The molecule has 1 aromatic heterocycles. The number of ether oxygens (including phenoxy) is 1. The lowest BCUT2D eigenvalue weighted by Crippen LogP contribution is -2.57. The van der Waals surface area contributed by atoms with E-state index in [2.05, 4.69) is 26.6 Å². The van der Waals surface area contributed by atoms with E-state index >= 15 is 0 Å². The maximum atomic E-state index is 13.6. The molecule has 2 fully saturated rings. The van der Waals surface area contributed by atoms with Gasteiger partial charge in [0, 0.05) is 13.1 Å². The predicted molar refractivity (Wildman–Crippen MR) is 129 cm³/mol. The van der Waals surface area contributed by atoms with Crippen LogP contribution >= 0.6 is 0 Å². The zero-order valence-electron chi connectivity index (χ0n) is 19.9. The molecule has 0 spiro atoms. The van der Waals surface area contributed by atoms with E-state index in [0.717, 1.165) is 38.8 Å². The van der Waals surface area contributed by atoms with Crippen LogP contribution in [0.4, 0.5) is 5.82 Å². The summed E-state index contributed by atoms with van der Waals surface area (Å²) in [4.78, 5) is 31.9. The van der Waals surface area contributed by atoms with Crippen LogP contribution in [0.5, 0.6) is 5.75 Å². The fourth-order valence-corrected chi connectivity index (χ4v) is 5.03. The van der Waals surface area contributed by atoms with Crippen molar-refractivity contribution in [1.82, 2.24) is 15.2 Å². The van der Waals surface area contributed by atoms with Gasteiger partial charge in [-0.2, -0.15) is 10.2 Å². The van der Waals surface area contributed by atoms with Crippen molar-refractivity contribution in [2.75, 3.05) is 32.6 Å². The molecule has 1 saturated carbocycles. The Balaban J connectivity index is 1.63. The predicted octanol–water partition coefficient (Wildman–Crippen LogP) is 3.05. The number of carbonyl (C=O) groups excluding carboxylic acids is 1. The highest BCUT2D eigenvalue weighted by Crippen LogP contribution is 2.31. The van der Waals surface area contributed by atoms with E-state index < -0.39 is 17.3 Å². The summed E-state index contributed by atoms with van der Waals surface area (Å²) in [5.41, 5.74) is -0.520. The minimum atomic E-state index is -0.884. The number of fused-ring (bicyclic) bond motifs is 1. The molecule has 182 valence electrons. The van der Waals surface area contributed by atoms with E-state index in [-0.39, 0.29) is 11.7 Å². The highest BCUT2D eigenvalue weighted by Gasteiger charge is 2.37. The first-order chi connectivity index (χ1) is 16.4. The zero-order chi connectivity index (χ0) is 24.1.